The molecule has 0 radical (unpaired) electrons. The molecule has 6 heteroatoms. The third-order valence-corrected chi connectivity index (χ3v) is 3.80. The average molecular weight is 269 g/mol. The van der Waals surface area contributed by atoms with Gasteiger partial charge in [-0.3, -0.25) is 4.79 Å². The molecule has 0 spiro atoms. The van der Waals surface area contributed by atoms with Crippen molar-refractivity contribution in [3.63, 3.8) is 0 Å². The Bertz CT molecular complexity index is 438. The zero-order valence-electron chi connectivity index (χ0n) is 11.1. The number of carbonyl (C=O) groups is 1. The SMILES string of the molecule is Cc1nc(SCCC(C)(N)C(=O)O)nc(C)c1C. The molecular weight excluding hydrogens is 250 g/mol. The number of thioether (sulfide) groups is 1. The molecule has 1 aromatic rings. The first-order valence-corrected chi connectivity index (χ1v) is 6.69. The molecular formula is C12H19N3O2S. The van der Waals surface area contributed by atoms with Gasteiger partial charge < -0.3 is 10.8 Å². The molecule has 1 unspecified atom stereocenters. The predicted molar refractivity (Wildman–Crippen MR) is 71.8 cm³/mol. The summed E-state index contributed by atoms with van der Waals surface area (Å²) in [6, 6.07) is 0. The Hall–Kier alpha value is -1.14. The number of aliphatic carboxylic acids is 1. The molecule has 0 bridgehead atoms. The van der Waals surface area contributed by atoms with Crippen LogP contribution in [0.5, 0.6) is 0 Å². The minimum absolute atomic E-state index is 0.377. The van der Waals surface area contributed by atoms with E-state index in [1.54, 1.807) is 0 Å². The number of hydrogen-bond acceptors (Lipinski definition) is 5. The molecule has 0 aliphatic heterocycles. The first-order valence-electron chi connectivity index (χ1n) is 5.71. The fraction of sp³-hybridized carbons (Fsp3) is 0.583. The Morgan fingerprint density at radius 3 is 2.28 bits per heavy atom. The quantitative estimate of drug-likeness (QED) is 0.624. The van der Waals surface area contributed by atoms with Crippen LogP contribution in [-0.2, 0) is 4.79 Å². The van der Waals surface area contributed by atoms with Crippen molar-refractivity contribution >= 4 is 17.7 Å². The Balaban J connectivity index is 2.63. The Morgan fingerprint density at radius 1 is 1.33 bits per heavy atom. The van der Waals surface area contributed by atoms with Crippen LogP contribution in [-0.4, -0.2) is 32.3 Å². The molecule has 0 aromatic carbocycles. The maximum absolute atomic E-state index is 10.9. The van der Waals surface area contributed by atoms with Crippen LogP contribution >= 0.6 is 11.8 Å². The molecule has 1 atom stereocenters. The van der Waals surface area contributed by atoms with Gasteiger partial charge in [0.1, 0.15) is 5.54 Å². The largest absolute Gasteiger partial charge is 0.480 e. The van der Waals surface area contributed by atoms with Crippen molar-refractivity contribution in [3.8, 4) is 0 Å². The maximum atomic E-state index is 10.9. The summed E-state index contributed by atoms with van der Waals surface area (Å²) in [6.45, 7) is 7.39. The molecule has 0 amide bonds. The van der Waals surface area contributed by atoms with Crippen LogP contribution in [0.2, 0.25) is 0 Å². The molecule has 1 rings (SSSR count). The average Bonchev–Trinajstić information content (AvgIpc) is 2.25. The molecule has 0 saturated heterocycles. The van der Waals surface area contributed by atoms with Crippen LogP contribution < -0.4 is 5.73 Å². The zero-order chi connectivity index (χ0) is 13.9. The number of carboxylic acid groups (broad SMARTS) is 1. The van der Waals surface area contributed by atoms with E-state index < -0.39 is 11.5 Å². The van der Waals surface area contributed by atoms with Crippen LogP contribution in [0.3, 0.4) is 0 Å². The normalized spacial score (nSPS) is 14.3. The number of nitrogens with two attached hydrogens (primary N) is 1. The molecule has 1 heterocycles. The predicted octanol–water partition coefficient (Wildman–Crippen LogP) is 1.69. The van der Waals surface area contributed by atoms with E-state index in [0.29, 0.717) is 17.3 Å². The molecule has 0 fully saturated rings. The van der Waals surface area contributed by atoms with E-state index in [1.807, 2.05) is 20.8 Å². The van der Waals surface area contributed by atoms with Crippen LogP contribution in [0.25, 0.3) is 0 Å². The van der Waals surface area contributed by atoms with Crippen LogP contribution in [0.1, 0.15) is 30.3 Å². The summed E-state index contributed by atoms with van der Waals surface area (Å²) in [5.74, 6) is -0.401. The van der Waals surface area contributed by atoms with Crippen molar-refractivity contribution in [2.75, 3.05) is 5.75 Å². The molecule has 18 heavy (non-hydrogen) atoms. The highest BCUT2D eigenvalue weighted by Crippen LogP contribution is 2.20. The number of rotatable bonds is 5. The lowest BCUT2D eigenvalue weighted by atomic mass is 10.0. The van der Waals surface area contributed by atoms with E-state index in [9.17, 15) is 4.79 Å². The van der Waals surface area contributed by atoms with Gasteiger partial charge in [-0.1, -0.05) is 11.8 Å². The molecule has 100 valence electrons. The lowest BCUT2D eigenvalue weighted by Gasteiger charge is -2.18. The minimum Gasteiger partial charge on any atom is -0.480 e. The third-order valence-electron chi connectivity index (χ3n) is 2.95. The number of carboxylic acids is 1. The van der Waals surface area contributed by atoms with Crippen molar-refractivity contribution in [1.29, 1.82) is 0 Å². The van der Waals surface area contributed by atoms with Gasteiger partial charge in [0.15, 0.2) is 5.16 Å². The van der Waals surface area contributed by atoms with Gasteiger partial charge in [-0.25, -0.2) is 9.97 Å². The van der Waals surface area contributed by atoms with Gasteiger partial charge in [-0.05, 0) is 39.7 Å². The highest BCUT2D eigenvalue weighted by Gasteiger charge is 2.27. The van der Waals surface area contributed by atoms with E-state index in [-0.39, 0.29) is 0 Å². The van der Waals surface area contributed by atoms with Gasteiger partial charge in [0.25, 0.3) is 0 Å². The second kappa shape index (κ2) is 5.67. The molecule has 1 aromatic heterocycles. The summed E-state index contributed by atoms with van der Waals surface area (Å²) in [5.41, 5.74) is 7.47. The van der Waals surface area contributed by atoms with Crippen molar-refractivity contribution in [2.45, 2.75) is 44.8 Å². The topological polar surface area (TPSA) is 89.1 Å². The number of aryl methyl sites for hydroxylation is 2. The highest BCUT2D eigenvalue weighted by atomic mass is 32.2. The zero-order valence-corrected chi connectivity index (χ0v) is 12.0. The lowest BCUT2D eigenvalue weighted by molar-refractivity contribution is -0.142. The van der Waals surface area contributed by atoms with E-state index in [0.717, 1.165) is 17.0 Å². The molecule has 3 N–H and O–H groups in total. The van der Waals surface area contributed by atoms with Crippen LogP contribution in [0.4, 0.5) is 0 Å². The maximum Gasteiger partial charge on any atom is 0.323 e. The Morgan fingerprint density at radius 2 is 1.83 bits per heavy atom. The van der Waals surface area contributed by atoms with E-state index >= 15 is 0 Å². The Labute approximate surface area is 111 Å². The summed E-state index contributed by atoms with van der Waals surface area (Å²) >= 11 is 1.44. The number of hydrogen-bond donors (Lipinski definition) is 2. The summed E-state index contributed by atoms with van der Waals surface area (Å²) in [4.78, 5) is 19.6. The van der Waals surface area contributed by atoms with E-state index in [4.69, 9.17) is 10.8 Å². The van der Waals surface area contributed by atoms with Crippen molar-refractivity contribution in [3.05, 3.63) is 17.0 Å². The van der Waals surface area contributed by atoms with E-state index in [1.165, 1.54) is 18.7 Å². The second-order valence-electron chi connectivity index (χ2n) is 4.62. The Kier molecular flexibility index (Phi) is 4.70. The molecule has 0 aliphatic rings. The number of aromatic nitrogens is 2. The number of nitrogens with zero attached hydrogens (tertiary/aromatic N) is 2. The van der Waals surface area contributed by atoms with Gasteiger partial charge in [-0.2, -0.15) is 0 Å². The van der Waals surface area contributed by atoms with Crippen LogP contribution in [0.15, 0.2) is 5.16 Å². The fourth-order valence-electron chi connectivity index (χ4n) is 1.27. The smallest absolute Gasteiger partial charge is 0.323 e. The minimum atomic E-state index is -1.19. The van der Waals surface area contributed by atoms with Gasteiger partial charge in [-0.15, -0.1) is 0 Å². The van der Waals surface area contributed by atoms with E-state index in [2.05, 4.69) is 9.97 Å². The highest BCUT2D eigenvalue weighted by molar-refractivity contribution is 7.99. The summed E-state index contributed by atoms with van der Waals surface area (Å²) in [7, 11) is 0. The molecule has 0 saturated carbocycles. The van der Waals surface area contributed by atoms with Gasteiger partial charge in [0, 0.05) is 17.1 Å². The third kappa shape index (κ3) is 3.68. The first kappa shape index (κ1) is 14.9. The molecule has 0 aliphatic carbocycles. The van der Waals surface area contributed by atoms with Crippen molar-refractivity contribution in [2.24, 2.45) is 5.73 Å². The summed E-state index contributed by atoms with van der Waals surface area (Å²) in [6.07, 6.45) is 0.377. The van der Waals surface area contributed by atoms with Gasteiger partial charge in [0.2, 0.25) is 0 Å². The molecule has 5 nitrogen and oxygen atoms in total. The summed E-state index contributed by atoms with van der Waals surface area (Å²) in [5, 5.41) is 9.58. The summed E-state index contributed by atoms with van der Waals surface area (Å²) < 4.78 is 0. The first-order chi connectivity index (χ1) is 8.24. The fourth-order valence-corrected chi connectivity index (χ4v) is 2.38. The second-order valence-corrected chi connectivity index (χ2v) is 5.69. The van der Waals surface area contributed by atoms with Crippen molar-refractivity contribution in [1.82, 2.24) is 9.97 Å². The van der Waals surface area contributed by atoms with Gasteiger partial charge in [0.05, 0.1) is 0 Å². The standard InChI is InChI=1S/C12H19N3O2S/c1-7-8(2)14-11(15-9(7)3)18-6-5-12(4,13)10(16)17/h5-6,13H2,1-4H3,(H,16,17). The monoisotopic (exact) mass is 269 g/mol. The lowest BCUT2D eigenvalue weighted by Crippen LogP contribution is -2.45. The van der Waals surface area contributed by atoms with Crippen molar-refractivity contribution < 1.29 is 9.90 Å². The van der Waals surface area contributed by atoms with Gasteiger partial charge >= 0.3 is 5.97 Å². The van der Waals surface area contributed by atoms with Crippen LogP contribution in [0, 0.1) is 20.8 Å².